The van der Waals surface area contributed by atoms with E-state index in [0.29, 0.717) is 13.0 Å². The van der Waals surface area contributed by atoms with Crippen LogP contribution in [0.5, 0.6) is 0 Å². The number of hydrogen-bond acceptors (Lipinski definition) is 8. The Balaban J connectivity index is 4.43. The number of allylic oxidation sites excluding steroid dienone is 1. The number of rotatable bonds is 11. The van der Waals surface area contributed by atoms with Crippen molar-refractivity contribution in [3.8, 4) is 0 Å². The molecule has 0 fully saturated rings. The lowest BCUT2D eigenvalue weighted by molar-refractivity contribution is -0.143. The molecular formula is C12H22O8S2. The number of carbonyl (C=O) groups excluding carboxylic acids is 1. The van der Waals surface area contributed by atoms with Crippen molar-refractivity contribution in [2.24, 2.45) is 0 Å². The molecule has 0 saturated carbocycles. The largest absolute Gasteiger partial charge is 0.466 e. The zero-order valence-electron chi connectivity index (χ0n) is 12.9. The van der Waals surface area contributed by atoms with Gasteiger partial charge in [-0.3, -0.25) is 13.2 Å². The van der Waals surface area contributed by atoms with Crippen LogP contribution in [0.1, 0.15) is 26.2 Å². The van der Waals surface area contributed by atoms with Crippen molar-refractivity contribution in [2.75, 3.05) is 25.7 Å². The van der Waals surface area contributed by atoms with Crippen LogP contribution in [0.4, 0.5) is 0 Å². The fourth-order valence-electron chi connectivity index (χ4n) is 1.40. The summed E-state index contributed by atoms with van der Waals surface area (Å²) < 4.78 is 58.1. The van der Waals surface area contributed by atoms with Crippen molar-refractivity contribution in [2.45, 2.75) is 32.3 Å². The third-order valence-corrected chi connectivity index (χ3v) is 3.36. The summed E-state index contributed by atoms with van der Waals surface area (Å²) in [5.41, 5.74) is 0. The second-order valence-electron chi connectivity index (χ2n) is 4.43. The molecule has 0 aliphatic heterocycles. The van der Waals surface area contributed by atoms with Crippen LogP contribution in [0, 0.1) is 0 Å². The third kappa shape index (κ3) is 14.0. The molecule has 0 bridgehead atoms. The van der Waals surface area contributed by atoms with Crippen molar-refractivity contribution in [1.82, 2.24) is 0 Å². The van der Waals surface area contributed by atoms with Crippen molar-refractivity contribution in [1.29, 1.82) is 0 Å². The van der Waals surface area contributed by atoms with Gasteiger partial charge in [-0.25, -0.2) is 0 Å². The monoisotopic (exact) mass is 358 g/mol. The van der Waals surface area contributed by atoms with Gasteiger partial charge in [0.1, 0.15) is 0 Å². The Labute approximate surface area is 131 Å². The lowest BCUT2D eigenvalue weighted by atomic mass is 10.2. The second-order valence-corrected chi connectivity index (χ2v) is 7.67. The van der Waals surface area contributed by atoms with Gasteiger partial charge in [-0.2, -0.15) is 16.8 Å². The van der Waals surface area contributed by atoms with Gasteiger partial charge in [-0.1, -0.05) is 12.2 Å². The molecule has 0 spiro atoms. The van der Waals surface area contributed by atoms with Crippen LogP contribution in [0.15, 0.2) is 12.2 Å². The molecule has 10 heteroatoms. The lowest BCUT2D eigenvalue weighted by Crippen LogP contribution is -2.18. The van der Waals surface area contributed by atoms with Gasteiger partial charge < -0.3 is 4.74 Å². The van der Waals surface area contributed by atoms with Gasteiger partial charge in [0.2, 0.25) is 0 Å². The van der Waals surface area contributed by atoms with Gasteiger partial charge in [-0.15, -0.1) is 0 Å². The van der Waals surface area contributed by atoms with Crippen LogP contribution >= 0.6 is 0 Å². The maximum Gasteiger partial charge on any atom is 0.306 e. The molecule has 0 radical (unpaired) electrons. The van der Waals surface area contributed by atoms with Crippen LogP contribution in [-0.4, -0.2) is 54.6 Å². The van der Waals surface area contributed by atoms with Gasteiger partial charge in [0.25, 0.3) is 20.2 Å². The Morgan fingerprint density at radius 2 is 1.77 bits per heavy atom. The van der Waals surface area contributed by atoms with E-state index in [9.17, 15) is 21.6 Å². The summed E-state index contributed by atoms with van der Waals surface area (Å²) in [6.45, 7) is 1.79. The highest BCUT2D eigenvalue weighted by Crippen LogP contribution is 2.08. The molecule has 1 atom stereocenters. The standard InChI is InChI=1S/C12H22O8S2/c1-4-18-12(13)8-6-5-7-11(20-22(3,16)17)9-10-19-21(2,14)15/h5,7,11H,4,6,8-10H2,1-3H3/b7-5+. The average molecular weight is 358 g/mol. The van der Waals surface area contributed by atoms with Gasteiger partial charge in [-0.05, 0) is 13.3 Å². The van der Waals surface area contributed by atoms with Gasteiger partial charge in [0.05, 0.1) is 31.8 Å². The Kier molecular flexibility index (Phi) is 9.49. The predicted molar refractivity (Wildman–Crippen MR) is 80.1 cm³/mol. The predicted octanol–water partition coefficient (Wildman–Crippen LogP) is 0.597. The van der Waals surface area contributed by atoms with Gasteiger partial charge in [0, 0.05) is 12.8 Å². The van der Waals surface area contributed by atoms with Crippen molar-refractivity contribution in [3.05, 3.63) is 12.2 Å². The Morgan fingerprint density at radius 3 is 2.27 bits per heavy atom. The summed E-state index contributed by atoms with van der Waals surface area (Å²) in [5, 5.41) is 0. The molecule has 0 aliphatic rings. The molecule has 8 nitrogen and oxygen atoms in total. The Bertz CT molecular complexity index is 562. The molecular weight excluding hydrogens is 336 g/mol. The molecule has 130 valence electrons. The summed E-state index contributed by atoms with van der Waals surface area (Å²) in [6, 6.07) is 0. The minimum absolute atomic E-state index is 0.0377. The lowest BCUT2D eigenvalue weighted by Gasteiger charge is -2.12. The molecule has 0 aliphatic carbocycles. The van der Waals surface area contributed by atoms with E-state index in [1.807, 2.05) is 0 Å². The molecule has 0 aromatic rings. The molecule has 0 N–H and O–H groups in total. The Morgan fingerprint density at radius 1 is 1.14 bits per heavy atom. The average Bonchev–Trinajstić information content (AvgIpc) is 2.31. The van der Waals surface area contributed by atoms with Gasteiger partial charge in [0.15, 0.2) is 0 Å². The second kappa shape index (κ2) is 9.93. The molecule has 0 amide bonds. The summed E-state index contributed by atoms with van der Waals surface area (Å²) in [5.74, 6) is -0.354. The minimum Gasteiger partial charge on any atom is -0.466 e. The fourth-order valence-corrected chi connectivity index (χ4v) is 2.41. The van der Waals surface area contributed by atoms with Crippen LogP contribution in [0.3, 0.4) is 0 Å². The first-order valence-electron chi connectivity index (χ1n) is 6.58. The summed E-state index contributed by atoms with van der Waals surface area (Å²) >= 11 is 0. The molecule has 1 unspecified atom stereocenters. The molecule has 0 saturated heterocycles. The number of hydrogen-bond donors (Lipinski definition) is 0. The minimum atomic E-state index is -3.70. The van der Waals surface area contributed by atoms with Crippen LogP contribution < -0.4 is 0 Å². The highest BCUT2D eigenvalue weighted by Gasteiger charge is 2.14. The first-order chi connectivity index (χ1) is 10.0. The number of ether oxygens (including phenoxy) is 1. The summed E-state index contributed by atoms with van der Waals surface area (Å²) in [7, 11) is -7.30. The van der Waals surface area contributed by atoms with E-state index in [1.54, 1.807) is 13.0 Å². The quantitative estimate of drug-likeness (QED) is 0.300. The van der Waals surface area contributed by atoms with E-state index in [1.165, 1.54) is 6.08 Å². The summed E-state index contributed by atoms with van der Waals surface area (Å²) in [6.07, 6.45) is 4.51. The smallest absolute Gasteiger partial charge is 0.306 e. The molecule has 22 heavy (non-hydrogen) atoms. The highest BCUT2D eigenvalue weighted by molar-refractivity contribution is 7.86. The molecule has 0 rings (SSSR count). The topological polar surface area (TPSA) is 113 Å². The van der Waals surface area contributed by atoms with E-state index in [0.717, 1.165) is 12.5 Å². The van der Waals surface area contributed by atoms with E-state index >= 15 is 0 Å². The van der Waals surface area contributed by atoms with Gasteiger partial charge >= 0.3 is 5.97 Å². The SMILES string of the molecule is CCOC(=O)CC/C=C/C(CCOS(C)(=O)=O)OS(C)(=O)=O. The van der Waals surface area contributed by atoms with Crippen molar-refractivity contribution in [3.63, 3.8) is 0 Å². The zero-order valence-corrected chi connectivity index (χ0v) is 14.5. The zero-order chi connectivity index (χ0) is 17.2. The maximum absolute atomic E-state index is 11.1. The van der Waals surface area contributed by atoms with Crippen LogP contribution in [0.25, 0.3) is 0 Å². The van der Waals surface area contributed by atoms with E-state index in [2.05, 4.69) is 4.18 Å². The van der Waals surface area contributed by atoms with Crippen molar-refractivity contribution < 1.29 is 34.7 Å². The van der Waals surface area contributed by atoms with E-state index in [4.69, 9.17) is 8.92 Å². The molecule has 0 aromatic heterocycles. The third-order valence-electron chi connectivity index (χ3n) is 2.17. The summed E-state index contributed by atoms with van der Waals surface area (Å²) in [4.78, 5) is 11.1. The normalized spacial score (nSPS) is 14.1. The highest BCUT2D eigenvalue weighted by atomic mass is 32.2. The first-order valence-corrected chi connectivity index (χ1v) is 10.2. The molecule has 0 aromatic carbocycles. The number of carbonyl (C=O) groups is 1. The van der Waals surface area contributed by atoms with E-state index in [-0.39, 0.29) is 25.4 Å². The molecule has 0 heterocycles. The number of esters is 1. The maximum atomic E-state index is 11.1. The van der Waals surface area contributed by atoms with Crippen molar-refractivity contribution >= 4 is 26.2 Å². The van der Waals surface area contributed by atoms with Crippen LogP contribution in [-0.2, 0) is 38.1 Å². The Hall–Kier alpha value is -0.970. The van der Waals surface area contributed by atoms with Crippen LogP contribution in [0.2, 0.25) is 0 Å². The van der Waals surface area contributed by atoms with E-state index < -0.39 is 26.3 Å². The fraction of sp³-hybridized carbons (Fsp3) is 0.750. The first kappa shape index (κ1) is 21.0.